The lowest BCUT2D eigenvalue weighted by molar-refractivity contribution is 0.393. The highest BCUT2D eigenvalue weighted by Crippen LogP contribution is 2.29. The van der Waals surface area contributed by atoms with Crippen LogP contribution in [0.15, 0.2) is 30.9 Å². The van der Waals surface area contributed by atoms with Gasteiger partial charge in [0.15, 0.2) is 0 Å². The van der Waals surface area contributed by atoms with Gasteiger partial charge in [-0.15, -0.1) is 6.58 Å². The maximum Gasteiger partial charge on any atom is 0.123 e. The van der Waals surface area contributed by atoms with Crippen LogP contribution in [0.2, 0.25) is 0 Å². The summed E-state index contributed by atoms with van der Waals surface area (Å²) in [4.78, 5) is 0. The molecule has 1 aromatic carbocycles. The topological polar surface area (TPSA) is 21.3 Å². The van der Waals surface area contributed by atoms with Gasteiger partial charge in [0.05, 0.1) is 7.11 Å². The van der Waals surface area contributed by atoms with Crippen molar-refractivity contribution in [3.63, 3.8) is 0 Å². The summed E-state index contributed by atoms with van der Waals surface area (Å²) in [6.45, 7) is 9.01. The van der Waals surface area contributed by atoms with Crippen molar-refractivity contribution in [2.24, 2.45) is 0 Å². The first-order valence-electron chi connectivity index (χ1n) is 7.71. The number of allylic oxidation sites excluding steroid dienone is 1. The summed E-state index contributed by atoms with van der Waals surface area (Å²) >= 11 is 0. The molecule has 2 heteroatoms. The summed E-state index contributed by atoms with van der Waals surface area (Å²) in [5.74, 6) is 1.00. The molecule has 0 aliphatic carbocycles. The quantitative estimate of drug-likeness (QED) is 0.489. The van der Waals surface area contributed by atoms with Crippen LogP contribution in [0.25, 0.3) is 0 Å². The van der Waals surface area contributed by atoms with Crippen LogP contribution in [0.3, 0.4) is 0 Å². The zero-order valence-electron chi connectivity index (χ0n) is 13.2. The van der Waals surface area contributed by atoms with Gasteiger partial charge in [0.25, 0.3) is 0 Å². The lowest BCUT2D eigenvalue weighted by atomic mass is 9.98. The van der Waals surface area contributed by atoms with Crippen molar-refractivity contribution >= 4 is 0 Å². The molecule has 1 rings (SSSR count). The third kappa shape index (κ3) is 5.38. The van der Waals surface area contributed by atoms with Crippen molar-refractivity contribution in [1.29, 1.82) is 0 Å². The van der Waals surface area contributed by atoms with Gasteiger partial charge in [0.2, 0.25) is 0 Å². The number of hydrogen-bond acceptors (Lipinski definition) is 2. The molecule has 0 fully saturated rings. The molecule has 1 atom stereocenters. The molecule has 20 heavy (non-hydrogen) atoms. The molecule has 0 aromatic heterocycles. The second-order valence-electron chi connectivity index (χ2n) is 5.28. The van der Waals surface area contributed by atoms with Crippen molar-refractivity contribution < 1.29 is 4.74 Å². The van der Waals surface area contributed by atoms with E-state index >= 15 is 0 Å². The summed E-state index contributed by atoms with van der Waals surface area (Å²) in [5.41, 5.74) is 2.52. The van der Waals surface area contributed by atoms with Crippen LogP contribution in [-0.4, -0.2) is 13.7 Å². The number of rotatable bonds is 10. The molecule has 1 unspecified atom stereocenters. The van der Waals surface area contributed by atoms with E-state index in [-0.39, 0.29) is 0 Å². The molecule has 0 amide bonds. The summed E-state index contributed by atoms with van der Waals surface area (Å²) in [6.07, 6.45) is 8.03. The standard InChI is InChI=1S/C18H29NO/c1-5-7-8-9-10-11-17(19-6-2)16-13-12-15(3)14-18(16)20-4/h5,12-14,17,19H,1,6-11H2,2-4H3. The number of methoxy groups -OCH3 is 1. The van der Waals surface area contributed by atoms with Gasteiger partial charge in [-0.1, -0.05) is 38.0 Å². The fourth-order valence-electron chi connectivity index (χ4n) is 2.53. The van der Waals surface area contributed by atoms with Gasteiger partial charge in [-0.05, 0) is 44.4 Å². The minimum atomic E-state index is 0.388. The van der Waals surface area contributed by atoms with Crippen molar-refractivity contribution in [1.82, 2.24) is 5.32 Å². The molecule has 0 heterocycles. The normalized spacial score (nSPS) is 12.2. The Morgan fingerprint density at radius 1 is 1.30 bits per heavy atom. The molecule has 2 nitrogen and oxygen atoms in total. The molecule has 1 N–H and O–H groups in total. The monoisotopic (exact) mass is 275 g/mol. The van der Waals surface area contributed by atoms with Gasteiger partial charge in [-0.25, -0.2) is 0 Å². The molecular formula is C18H29NO. The van der Waals surface area contributed by atoms with E-state index in [2.05, 4.69) is 43.9 Å². The molecule has 0 bridgehead atoms. The Balaban J connectivity index is 2.67. The van der Waals surface area contributed by atoms with Crippen LogP contribution in [0.5, 0.6) is 5.75 Å². The number of ether oxygens (including phenoxy) is 1. The lowest BCUT2D eigenvalue weighted by Gasteiger charge is -2.21. The summed E-state index contributed by atoms with van der Waals surface area (Å²) in [6, 6.07) is 6.88. The zero-order chi connectivity index (χ0) is 14.8. The summed E-state index contributed by atoms with van der Waals surface area (Å²) in [7, 11) is 1.76. The van der Waals surface area contributed by atoms with Crippen LogP contribution in [0.4, 0.5) is 0 Å². The van der Waals surface area contributed by atoms with Crippen LogP contribution >= 0.6 is 0 Å². The van der Waals surface area contributed by atoms with E-state index in [0.29, 0.717) is 6.04 Å². The minimum Gasteiger partial charge on any atom is -0.496 e. The van der Waals surface area contributed by atoms with Gasteiger partial charge in [-0.2, -0.15) is 0 Å². The van der Waals surface area contributed by atoms with E-state index in [9.17, 15) is 0 Å². The Hall–Kier alpha value is -1.28. The zero-order valence-corrected chi connectivity index (χ0v) is 13.2. The Morgan fingerprint density at radius 2 is 2.10 bits per heavy atom. The summed E-state index contributed by atoms with van der Waals surface area (Å²) < 4.78 is 5.55. The first kappa shape index (κ1) is 16.8. The van der Waals surface area contributed by atoms with Crippen molar-refractivity contribution in [3.05, 3.63) is 42.0 Å². The highest BCUT2D eigenvalue weighted by molar-refractivity contribution is 5.39. The van der Waals surface area contributed by atoms with Gasteiger partial charge in [0, 0.05) is 11.6 Å². The number of benzene rings is 1. The highest BCUT2D eigenvalue weighted by atomic mass is 16.5. The largest absolute Gasteiger partial charge is 0.496 e. The Kier molecular flexibility index (Phi) is 8.05. The van der Waals surface area contributed by atoms with E-state index in [4.69, 9.17) is 4.74 Å². The number of hydrogen-bond donors (Lipinski definition) is 1. The molecule has 0 saturated carbocycles. The second-order valence-corrected chi connectivity index (χ2v) is 5.28. The number of unbranched alkanes of at least 4 members (excludes halogenated alkanes) is 3. The Bertz CT molecular complexity index is 400. The molecule has 112 valence electrons. The lowest BCUT2D eigenvalue weighted by Crippen LogP contribution is -2.21. The summed E-state index contributed by atoms with van der Waals surface area (Å²) in [5, 5.41) is 3.58. The highest BCUT2D eigenvalue weighted by Gasteiger charge is 2.14. The predicted octanol–water partition coefficient (Wildman–Crippen LogP) is 4.79. The van der Waals surface area contributed by atoms with Crippen molar-refractivity contribution in [3.8, 4) is 5.75 Å². The SMILES string of the molecule is C=CCCCCCC(NCC)c1ccc(C)cc1OC. The van der Waals surface area contributed by atoms with E-state index in [1.165, 1.54) is 30.4 Å². The van der Waals surface area contributed by atoms with Gasteiger partial charge in [0.1, 0.15) is 5.75 Å². The van der Waals surface area contributed by atoms with Crippen LogP contribution in [0.1, 0.15) is 56.2 Å². The molecule has 0 aliphatic rings. The molecule has 0 radical (unpaired) electrons. The molecule has 1 aromatic rings. The fourth-order valence-corrected chi connectivity index (χ4v) is 2.53. The van der Waals surface area contributed by atoms with Crippen LogP contribution < -0.4 is 10.1 Å². The number of aryl methyl sites for hydroxylation is 1. The first-order valence-corrected chi connectivity index (χ1v) is 7.71. The van der Waals surface area contributed by atoms with Gasteiger partial charge in [-0.3, -0.25) is 0 Å². The Labute approximate surface area is 124 Å². The van der Waals surface area contributed by atoms with E-state index in [0.717, 1.165) is 25.1 Å². The first-order chi connectivity index (χ1) is 9.72. The molecule has 0 spiro atoms. The number of nitrogens with one attached hydrogen (secondary N) is 1. The fraction of sp³-hybridized carbons (Fsp3) is 0.556. The third-order valence-electron chi connectivity index (χ3n) is 3.62. The molecular weight excluding hydrogens is 246 g/mol. The molecule has 0 saturated heterocycles. The second kappa shape index (κ2) is 9.60. The third-order valence-corrected chi connectivity index (χ3v) is 3.62. The van der Waals surface area contributed by atoms with Crippen molar-refractivity contribution in [2.45, 2.75) is 52.0 Å². The minimum absolute atomic E-state index is 0.388. The van der Waals surface area contributed by atoms with E-state index in [1.54, 1.807) is 7.11 Å². The van der Waals surface area contributed by atoms with E-state index < -0.39 is 0 Å². The van der Waals surface area contributed by atoms with E-state index in [1.807, 2.05) is 6.08 Å². The maximum absolute atomic E-state index is 5.55. The predicted molar refractivity (Wildman–Crippen MR) is 87.4 cm³/mol. The average molecular weight is 275 g/mol. The van der Waals surface area contributed by atoms with Crippen LogP contribution in [0, 0.1) is 6.92 Å². The van der Waals surface area contributed by atoms with Gasteiger partial charge >= 0.3 is 0 Å². The van der Waals surface area contributed by atoms with Crippen LogP contribution in [-0.2, 0) is 0 Å². The molecule has 0 aliphatic heterocycles. The van der Waals surface area contributed by atoms with Crippen molar-refractivity contribution in [2.75, 3.05) is 13.7 Å². The smallest absolute Gasteiger partial charge is 0.123 e. The van der Waals surface area contributed by atoms with Gasteiger partial charge < -0.3 is 10.1 Å². The maximum atomic E-state index is 5.55. The average Bonchev–Trinajstić information content (AvgIpc) is 2.46. The Morgan fingerprint density at radius 3 is 2.75 bits per heavy atom.